The van der Waals surface area contributed by atoms with Gasteiger partial charge in [0.05, 0.1) is 11.7 Å². The van der Waals surface area contributed by atoms with Crippen LogP contribution in [0, 0.1) is 0 Å². The molecule has 0 radical (unpaired) electrons. The molecule has 0 saturated heterocycles. The Balaban J connectivity index is 2.60. The third-order valence-electron chi connectivity index (χ3n) is 2.98. The largest absolute Gasteiger partial charge is 0.491 e. The maximum absolute atomic E-state index is 9.97. The summed E-state index contributed by atoms with van der Waals surface area (Å²) in [7, 11) is 0. The van der Waals surface area contributed by atoms with Crippen LogP contribution in [0.4, 0.5) is 0 Å². The van der Waals surface area contributed by atoms with Gasteiger partial charge in [0, 0.05) is 0 Å². The van der Waals surface area contributed by atoms with Gasteiger partial charge in [-0.05, 0) is 57.7 Å². The third kappa shape index (κ3) is 5.22. The van der Waals surface area contributed by atoms with Gasteiger partial charge in [-0.25, -0.2) is 0 Å². The van der Waals surface area contributed by atoms with E-state index in [1.807, 2.05) is 39.8 Å². The minimum Gasteiger partial charge on any atom is -0.491 e. The Morgan fingerprint density at radius 2 is 2.06 bits per heavy atom. The lowest BCUT2D eigenvalue weighted by Crippen LogP contribution is -2.23. The van der Waals surface area contributed by atoms with Gasteiger partial charge in [-0.2, -0.15) is 0 Å². The van der Waals surface area contributed by atoms with E-state index < -0.39 is 5.60 Å². The number of hydrogen-bond acceptors (Lipinski definition) is 2. The second kappa shape index (κ2) is 6.06. The first-order chi connectivity index (χ1) is 7.93. The van der Waals surface area contributed by atoms with Gasteiger partial charge in [0.1, 0.15) is 5.75 Å². The summed E-state index contributed by atoms with van der Waals surface area (Å²) >= 11 is 0. The van der Waals surface area contributed by atoms with Crippen LogP contribution in [-0.2, 0) is 6.42 Å². The molecule has 1 atom stereocenters. The van der Waals surface area contributed by atoms with Crippen molar-refractivity contribution in [1.29, 1.82) is 0 Å². The lowest BCUT2D eigenvalue weighted by atomic mass is 9.94. The van der Waals surface area contributed by atoms with Crippen molar-refractivity contribution < 1.29 is 9.84 Å². The van der Waals surface area contributed by atoms with Crippen molar-refractivity contribution in [3.8, 4) is 5.75 Å². The molecule has 96 valence electrons. The summed E-state index contributed by atoms with van der Waals surface area (Å²) in [6.07, 6.45) is 2.66. The molecule has 0 bridgehead atoms. The molecule has 1 unspecified atom stereocenters. The van der Waals surface area contributed by atoms with Gasteiger partial charge in [-0.1, -0.05) is 19.1 Å². The molecule has 0 aliphatic carbocycles. The Kier molecular flexibility index (Phi) is 5.01. The normalized spacial score (nSPS) is 14.7. The van der Waals surface area contributed by atoms with Gasteiger partial charge in [0.15, 0.2) is 0 Å². The summed E-state index contributed by atoms with van der Waals surface area (Å²) in [5.74, 6) is 0.911. The number of benzene rings is 1. The second-order valence-electron chi connectivity index (χ2n) is 5.16. The zero-order chi connectivity index (χ0) is 12.9. The first kappa shape index (κ1) is 14.0. The number of aryl methyl sites for hydroxylation is 1. The van der Waals surface area contributed by atoms with E-state index in [0.29, 0.717) is 0 Å². The van der Waals surface area contributed by atoms with E-state index in [4.69, 9.17) is 4.74 Å². The molecule has 0 saturated carbocycles. The summed E-state index contributed by atoms with van der Waals surface area (Å²) in [4.78, 5) is 0. The number of rotatable bonds is 6. The van der Waals surface area contributed by atoms with Crippen LogP contribution in [0.5, 0.6) is 5.75 Å². The lowest BCUT2D eigenvalue weighted by Gasteiger charge is -2.21. The van der Waals surface area contributed by atoms with Crippen molar-refractivity contribution in [2.45, 2.75) is 58.7 Å². The quantitative estimate of drug-likeness (QED) is 0.818. The van der Waals surface area contributed by atoms with Crippen molar-refractivity contribution in [3.05, 3.63) is 29.8 Å². The van der Waals surface area contributed by atoms with Crippen LogP contribution in [-0.4, -0.2) is 16.8 Å². The van der Waals surface area contributed by atoms with Crippen LogP contribution in [0.25, 0.3) is 0 Å². The fourth-order valence-corrected chi connectivity index (χ4v) is 1.64. The maximum Gasteiger partial charge on any atom is 0.119 e. The minimum atomic E-state index is -0.561. The van der Waals surface area contributed by atoms with Crippen molar-refractivity contribution in [2.24, 2.45) is 0 Å². The van der Waals surface area contributed by atoms with Crippen LogP contribution in [0.15, 0.2) is 24.3 Å². The monoisotopic (exact) mass is 236 g/mol. The molecule has 1 aromatic rings. The fourth-order valence-electron chi connectivity index (χ4n) is 1.64. The number of hydrogen-bond donors (Lipinski definition) is 1. The van der Waals surface area contributed by atoms with E-state index in [2.05, 4.69) is 12.1 Å². The minimum absolute atomic E-state index is 0.198. The Labute approximate surface area is 105 Å². The molecule has 0 aliphatic rings. The van der Waals surface area contributed by atoms with Crippen molar-refractivity contribution in [1.82, 2.24) is 0 Å². The molecular formula is C15H24O2. The van der Waals surface area contributed by atoms with Crippen LogP contribution in [0.1, 0.15) is 46.1 Å². The van der Waals surface area contributed by atoms with Crippen LogP contribution >= 0.6 is 0 Å². The SMILES string of the molecule is CCC(C)(O)CCc1cccc(OC(C)C)c1. The van der Waals surface area contributed by atoms with E-state index in [1.54, 1.807) is 0 Å². The summed E-state index contributed by atoms with van der Waals surface area (Å²) in [5, 5.41) is 9.97. The molecule has 0 spiro atoms. The van der Waals surface area contributed by atoms with Gasteiger partial charge in [0.25, 0.3) is 0 Å². The molecule has 1 aromatic carbocycles. The lowest BCUT2D eigenvalue weighted by molar-refractivity contribution is 0.0473. The predicted molar refractivity (Wildman–Crippen MR) is 71.4 cm³/mol. The predicted octanol–water partition coefficient (Wildman–Crippen LogP) is 3.57. The Morgan fingerprint density at radius 1 is 1.35 bits per heavy atom. The van der Waals surface area contributed by atoms with Gasteiger partial charge >= 0.3 is 0 Å². The average molecular weight is 236 g/mol. The van der Waals surface area contributed by atoms with E-state index in [1.165, 1.54) is 5.56 Å². The summed E-state index contributed by atoms with van der Waals surface area (Å²) in [6.45, 7) is 7.95. The topological polar surface area (TPSA) is 29.5 Å². The number of aliphatic hydroxyl groups is 1. The molecule has 17 heavy (non-hydrogen) atoms. The van der Waals surface area contributed by atoms with Crippen molar-refractivity contribution >= 4 is 0 Å². The molecule has 0 heterocycles. The van der Waals surface area contributed by atoms with Crippen molar-refractivity contribution in [3.63, 3.8) is 0 Å². The summed E-state index contributed by atoms with van der Waals surface area (Å²) in [6, 6.07) is 8.12. The smallest absolute Gasteiger partial charge is 0.119 e. The molecule has 2 heteroatoms. The van der Waals surface area contributed by atoms with Gasteiger partial charge in [0.2, 0.25) is 0 Å². The molecule has 0 amide bonds. The Bertz CT molecular complexity index is 343. The molecule has 0 fully saturated rings. The van der Waals surface area contributed by atoms with Crippen molar-refractivity contribution in [2.75, 3.05) is 0 Å². The molecule has 0 aromatic heterocycles. The van der Waals surface area contributed by atoms with E-state index >= 15 is 0 Å². The Morgan fingerprint density at radius 3 is 2.65 bits per heavy atom. The molecule has 0 aliphatic heterocycles. The Hall–Kier alpha value is -1.02. The van der Waals surface area contributed by atoms with E-state index in [-0.39, 0.29) is 6.10 Å². The third-order valence-corrected chi connectivity index (χ3v) is 2.98. The standard InChI is InChI=1S/C15H24O2/c1-5-15(4,16)10-9-13-7-6-8-14(11-13)17-12(2)3/h6-8,11-12,16H,5,9-10H2,1-4H3. The van der Waals surface area contributed by atoms with Gasteiger partial charge in [-0.3, -0.25) is 0 Å². The van der Waals surface area contributed by atoms with E-state index in [0.717, 1.165) is 25.0 Å². The van der Waals surface area contributed by atoms with Gasteiger partial charge < -0.3 is 9.84 Å². The zero-order valence-corrected chi connectivity index (χ0v) is 11.4. The summed E-state index contributed by atoms with van der Waals surface area (Å²) < 4.78 is 5.65. The molecule has 1 rings (SSSR count). The van der Waals surface area contributed by atoms with Crippen LogP contribution < -0.4 is 4.74 Å². The van der Waals surface area contributed by atoms with Crippen LogP contribution in [0.3, 0.4) is 0 Å². The molecule has 1 N–H and O–H groups in total. The molecule has 2 nitrogen and oxygen atoms in total. The van der Waals surface area contributed by atoms with Gasteiger partial charge in [-0.15, -0.1) is 0 Å². The fraction of sp³-hybridized carbons (Fsp3) is 0.600. The first-order valence-electron chi connectivity index (χ1n) is 6.41. The first-order valence-corrected chi connectivity index (χ1v) is 6.41. The highest BCUT2D eigenvalue weighted by molar-refractivity contribution is 5.28. The highest BCUT2D eigenvalue weighted by Crippen LogP contribution is 2.20. The summed E-state index contributed by atoms with van der Waals surface area (Å²) in [5.41, 5.74) is 0.659. The second-order valence-corrected chi connectivity index (χ2v) is 5.16. The number of ether oxygens (including phenoxy) is 1. The average Bonchev–Trinajstić information content (AvgIpc) is 2.26. The zero-order valence-electron chi connectivity index (χ0n) is 11.4. The highest BCUT2D eigenvalue weighted by atomic mass is 16.5. The maximum atomic E-state index is 9.97. The molecular weight excluding hydrogens is 212 g/mol. The van der Waals surface area contributed by atoms with E-state index in [9.17, 15) is 5.11 Å². The highest BCUT2D eigenvalue weighted by Gasteiger charge is 2.16. The van der Waals surface area contributed by atoms with Crippen LogP contribution in [0.2, 0.25) is 0 Å².